The Morgan fingerprint density at radius 1 is 1.25 bits per heavy atom. The molecular weight excluding hydrogens is 278 g/mol. The number of fused-ring (bicyclic) bond motifs is 2. The third-order valence-corrected chi connectivity index (χ3v) is 6.08. The molecule has 1 saturated heterocycles. The van der Waals surface area contributed by atoms with Crippen molar-refractivity contribution in [3.63, 3.8) is 0 Å². The van der Waals surface area contributed by atoms with Gasteiger partial charge in [0.1, 0.15) is 12.4 Å². The fraction of sp³-hybridized carbons (Fsp3) is 0.571. The zero-order valence-corrected chi connectivity index (χ0v) is 12.1. The van der Waals surface area contributed by atoms with Gasteiger partial charge in [-0.25, -0.2) is 8.42 Å². The number of rotatable bonds is 5. The third kappa shape index (κ3) is 2.43. The van der Waals surface area contributed by atoms with Gasteiger partial charge in [-0.1, -0.05) is 0 Å². The molecule has 6 heteroatoms. The lowest BCUT2D eigenvalue weighted by Gasteiger charge is -2.26. The number of hydrogen-bond donors (Lipinski definition) is 1. The number of benzene rings is 1. The molecule has 1 aromatic rings. The van der Waals surface area contributed by atoms with Gasteiger partial charge in [0.2, 0.25) is 10.0 Å². The van der Waals surface area contributed by atoms with Gasteiger partial charge in [0, 0.05) is 12.6 Å². The summed E-state index contributed by atoms with van der Waals surface area (Å²) in [4.78, 5) is 0.321. The third-order valence-electron chi connectivity index (χ3n) is 4.15. The molecule has 1 aliphatic heterocycles. The Labute approximate surface area is 119 Å². The Balaban J connectivity index is 1.77. The highest BCUT2D eigenvalue weighted by Crippen LogP contribution is 2.40. The molecule has 1 N–H and O–H groups in total. The van der Waals surface area contributed by atoms with Crippen LogP contribution in [0.4, 0.5) is 0 Å². The first-order valence-electron chi connectivity index (χ1n) is 6.97. The Kier molecular flexibility index (Phi) is 3.70. The SMILES string of the molecule is O=S(=O)(c1ccc(OCCO)cc1)N1CC2CCC1C2. The maximum absolute atomic E-state index is 12.6. The van der Waals surface area contributed by atoms with Crippen molar-refractivity contribution < 1.29 is 18.3 Å². The topological polar surface area (TPSA) is 66.8 Å². The maximum atomic E-state index is 12.6. The zero-order valence-electron chi connectivity index (χ0n) is 11.2. The predicted octanol–water partition coefficient (Wildman–Crippen LogP) is 1.23. The van der Waals surface area contributed by atoms with Crippen molar-refractivity contribution in [3.05, 3.63) is 24.3 Å². The fourth-order valence-electron chi connectivity index (χ4n) is 3.18. The molecule has 1 aliphatic carbocycles. The molecule has 0 aromatic heterocycles. The summed E-state index contributed by atoms with van der Waals surface area (Å²) in [6.07, 6.45) is 3.16. The Morgan fingerprint density at radius 2 is 2.00 bits per heavy atom. The van der Waals surface area contributed by atoms with Gasteiger partial charge in [-0.3, -0.25) is 0 Å². The van der Waals surface area contributed by atoms with Gasteiger partial charge >= 0.3 is 0 Å². The lowest BCUT2D eigenvalue weighted by atomic mass is 10.1. The molecule has 2 fully saturated rings. The van der Waals surface area contributed by atoms with Gasteiger partial charge in [-0.05, 0) is 49.4 Å². The maximum Gasteiger partial charge on any atom is 0.243 e. The molecule has 1 saturated carbocycles. The van der Waals surface area contributed by atoms with Gasteiger partial charge in [0.25, 0.3) is 0 Å². The molecule has 1 heterocycles. The van der Waals surface area contributed by atoms with E-state index in [2.05, 4.69) is 0 Å². The summed E-state index contributed by atoms with van der Waals surface area (Å²) in [5.74, 6) is 1.11. The normalized spacial score (nSPS) is 26.1. The van der Waals surface area contributed by atoms with Crippen LogP contribution in [0.5, 0.6) is 5.75 Å². The second-order valence-electron chi connectivity index (χ2n) is 5.45. The van der Waals surface area contributed by atoms with Gasteiger partial charge < -0.3 is 9.84 Å². The number of hydrogen-bond acceptors (Lipinski definition) is 4. The second kappa shape index (κ2) is 5.35. The molecule has 20 heavy (non-hydrogen) atoms. The molecule has 0 spiro atoms. The van der Waals surface area contributed by atoms with Crippen LogP contribution in [0.1, 0.15) is 19.3 Å². The summed E-state index contributed by atoms with van der Waals surface area (Å²) in [7, 11) is -3.38. The summed E-state index contributed by atoms with van der Waals surface area (Å²) in [5.41, 5.74) is 0. The zero-order chi connectivity index (χ0) is 14.2. The van der Waals surface area contributed by atoms with Crippen molar-refractivity contribution in [1.29, 1.82) is 0 Å². The number of aliphatic hydroxyl groups is 1. The van der Waals surface area contributed by atoms with E-state index in [9.17, 15) is 8.42 Å². The quantitative estimate of drug-likeness (QED) is 0.887. The first kappa shape index (κ1) is 13.9. The molecule has 2 aliphatic rings. The summed E-state index contributed by atoms with van der Waals surface area (Å²) in [6.45, 7) is 0.814. The number of ether oxygens (including phenoxy) is 1. The van der Waals surface area contributed by atoms with Crippen molar-refractivity contribution in [2.75, 3.05) is 19.8 Å². The molecule has 2 unspecified atom stereocenters. The molecule has 5 nitrogen and oxygen atoms in total. The van der Waals surface area contributed by atoms with Gasteiger partial charge in [-0.15, -0.1) is 0 Å². The Bertz CT molecular complexity index is 569. The molecule has 110 valence electrons. The van der Waals surface area contributed by atoms with Crippen LogP contribution in [0.2, 0.25) is 0 Å². The first-order chi connectivity index (χ1) is 9.61. The highest BCUT2D eigenvalue weighted by atomic mass is 32.2. The highest BCUT2D eigenvalue weighted by molar-refractivity contribution is 7.89. The van der Waals surface area contributed by atoms with Gasteiger partial charge in [0.05, 0.1) is 11.5 Å². The minimum atomic E-state index is -3.38. The van der Waals surface area contributed by atoms with Crippen LogP contribution < -0.4 is 4.74 Å². The average molecular weight is 297 g/mol. The summed E-state index contributed by atoms with van der Waals surface area (Å²) >= 11 is 0. The van der Waals surface area contributed by atoms with Crippen LogP contribution in [0, 0.1) is 5.92 Å². The van der Waals surface area contributed by atoms with E-state index in [1.54, 1.807) is 28.6 Å². The van der Waals surface area contributed by atoms with E-state index in [-0.39, 0.29) is 19.3 Å². The van der Waals surface area contributed by atoms with Crippen LogP contribution in [-0.4, -0.2) is 43.6 Å². The average Bonchev–Trinajstić information content (AvgIpc) is 3.08. The molecule has 0 radical (unpaired) electrons. The molecule has 0 amide bonds. The lowest BCUT2D eigenvalue weighted by Crippen LogP contribution is -2.37. The van der Waals surface area contributed by atoms with E-state index in [0.717, 1.165) is 19.3 Å². The standard InChI is InChI=1S/C14H19NO4S/c16-7-8-19-13-3-5-14(6-4-13)20(17,18)15-10-11-1-2-12(15)9-11/h3-6,11-12,16H,1-2,7-10H2. The smallest absolute Gasteiger partial charge is 0.243 e. The van der Waals surface area contributed by atoms with Crippen molar-refractivity contribution >= 4 is 10.0 Å². The minimum Gasteiger partial charge on any atom is -0.491 e. The van der Waals surface area contributed by atoms with Crippen molar-refractivity contribution in [2.45, 2.75) is 30.2 Å². The van der Waals surface area contributed by atoms with Crippen LogP contribution in [-0.2, 0) is 10.0 Å². The largest absolute Gasteiger partial charge is 0.491 e. The summed E-state index contributed by atoms with van der Waals surface area (Å²) < 4.78 is 32.1. The van der Waals surface area contributed by atoms with E-state index >= 15 is 0 Å². The van der Waals surface area contributed by atoms with Crippen LogP contribution in [0.25, 0.3) is 0 Å². The molecular formula is C14H19NO4S. The van der Waals surface area contributed by atoms with Crippen molar-refractivity contribution in [1.82, 2.24) is 4.31 Å². The second-order valence-corrected chi connectivity index (χ2v) is 7.34. The monoisotopic (exact) mass is 297 g/mol. The van der Waals surface area contributed by atoms with Gasteiger partial charge in [-0.2, -0.15) is 4.31 Å². The van der Waals surface area contributed by atoms with E-state index < -0.39 is 10.0 Å². The highest BCUT2D eigenvalue weighted by Gasteiger charge is 2.44. The van der Waals surface area contributed by atoms with E-state index in [1.807, 2.05) is 0 Å². The van der Waals surface area contributed by atoms with Crippen molar-refractivity contribution in [2.24, 2.45) is 5.92 Å². The summed E-state index contributed by atoms with van der Waals surface area (Å²) in [6, 6.07) is 6.62. The Morgan fingerprint density at radius 3 is 2.55 bits per heavy atom. The van der Waals surface area contributed by atoms with Crippen LogP contribution >= 0.6 is 0 Å². The molecule has 2 atom stereocenters. The van der Waals surface area contributed by atoms with E-state index in [4.69, 9.17) is 9.84 Å². The Hall–Kier alpha value is -1.11. The number of nitrogens with zero attached hydrogens (tertiary/aromatic N) is 1. The first-order valence-corrected chi connectivity index (χ1v) is 8.41. The fourth-order valence-corrected chi connectivity index (χ4v) is 4.92. The molecule has 2 bridgehead atoms. The van der Waals surface area contributed by atoms with E-state index in [1.165, 1.54) is 0 Å². The van der Waals surface area contributed by atoms with Crippen molar-refractivity contribution in [3.8, 4) is 5.75 Å². The van der Waals surface area contributed by atoms with E-state index in [0.29, 0.717) is 23.1 Å². The van der Waals surface area contributed by atoms with Crippen LogP contribution in [0.15, 0.2) is 29.2 Å². The molecule has 1 aromatic carbocycles. The number of sulfonamides is 1. The van der Waals surface area contributed by atoms with Crippen LogP contribution in [0.3, 0.4) is 0 Å². The van der Waals surface area contributed by atoms with Gasteiger partial charge in [0.15, 0.2) is 0 Å². The number of aliphatic hydroxyl groups excluding tert-OH is 1. The number of piperidine rings is 1. The summed E-state index contributed by atoms with van der Waals surface area (Å²) in [5, 5.41) is 8.69. The minimum absolute atomic E-state index is 0.0586. The molecule has 3 rings (SSSR count). The lowest BCUT2D eigenvalue weighted by molar-refractivity contribution is 0.201. The predicted molar refractivity (Wildman–Crippen MR) is 74.0 cm³/mol.